The number of carbonyl (C=O) groups excluding carboxylic acids is 1. The first-order valence-electron chi connectivity index (χ1n) is 11.6. The van der Waals surface area contributed by atoms with Crippen LogP contribution >= 0.6 is 0 Å². The molecule has 1 aliphatic carbocycles. The zero-order chi connectivity index (χ0) is 23.7. The lowest BCUT2D eigenvalue weighted by molar-refractivity contribution is -0.180. The van der Waals surface area contributed by atoms with Crippen molar-refractivity contribution in [2.45, 2.75) is 63.2 Å². The quantitative estimate of drug-likeness (QED) is 0.248. The summed E-state index contributed by atoms with van der Waals surface area (Å²) in [5.41, 5.74) is 0.978. The van der Waals surface area contributed by atoms with Crippen LogP contribution in [0.3, 0.4) is 0 Å². The number of aryl methyl sites for hydroxylation is 1. The highest BCUT2D eigenvalue weighted by Gasteiger charge is 2.28. The van der Waals surface area contributed by atoms with Crippen LogP contribution in [0.2, 0.25) is 0 Å². The first-order valence-corrected chi connectivity index (χ1v) is 13.0. The zero-order valence-corrected chi connectivity index (χ0v) is 20.2. The van der Waals surface area contributed by atoms with Crippen LogP contribution in [0.5, 0.6) is 0 Å². The molecular weight excluding hydrogens is 442 g/mol. The molecule has 180 valence electrons. The van der Waals surface area contributed by atoms with Crippen LogP contribution < -0.4 is 0 Å². The van der Waals surface area contributed by atoms with Crippen molar-refractivity contribution in [2.24, 2.45) is 5.92 Å². The minimum absolute atomic E-state index is 0.0184. The highest BCUT2D eigenvalue weighted by molar-refractivity contribution is 7.89. The summed E-state index contributed by atoms with van der Waals surface area (Å²) in [7, 11) is -3.77. The number of nitrogens with zero attached hydrogens (tertiary/aromatic N) is 1. The Bertz CT molecular complexity index is 970. The molecule has 0 aromatic heterocycles. The summed E-state index contributed by atoms with van der Waals surface area (Å²) in [6.45, 7) is 4.75. The second-order valence-electron chi connectivity index (χ2n) is 8.33. The van der Waals surface area contributed by atoms with Crippen molar-refractivity contribution < 1.29 is 27.4 Å². The molecule has 0 saturated carbocycles. The lowest BCUT2D eigenvalue weighted by Crippen LogP contribution is -2.37. The van der Waals surface area contributed by atoms with Crippen LogP contribution in [0.4, 0.5) is 0 Å². The number of hydrogen-bond acceptors (Lipinski definition) is 6. The number of benzene rings is 1. The Morgan fingerprint density at radius 3 is 2.58 bits per heavy atom. The van der Waals surface area contributed by atoms with Gasteiger partial charge in [0.1, 0.15) is 0 Å². The number of carbonyl (C=O) groups is 1. The summed E-state index contributed by atoms with van der Waals surface area (Å²) in [5, 5.41) is 0. The summed E-state index contributed by atoms with van der Waals surface area (Å²) in [4.78, 5) is 11.8. The van der Waals surface area contributed by atoms with Crippen molar-refractivity contribution in [2.75, 3.05) is 26.3 Å². The van der Waals surface area contributed by atoms with E-state index in [9.17, 15) is 13.2 Å². The second kappa shape index (κ2) is 12.3. The molecule has 33 heavy (non-hydrogen) atoms. The van der Waals surface area contributed by atoms with Crippen LogP contribution in [0, 0.1) is 24.7 Å². The molecule has 0 bridgehead atoms. The predicted molar refractivity (Wildman–Crippen MR) is 125 cm³/mol. The third-order valence-electron chi connectivity index (χ3n) is 5.70. The average molecular weight is 476 g/mol. The monoisotopic (exact) mass is 475 g/mol. The van der Waals surface area contributed by atoms with Gasteiger partial charge in [0.05, 0.1) is 24.2 Å². The molecule has 2 aliphatic rings. The highest BCUT2D eigenvalue weighted by Crippen LogP contribution is 2.26. The maximum Gasteiger partial charge on any atom is 0.384 e. The van der Waals surface area contributed by atoms with Gasteiger partial charge in [0.2, 0.25) is 10.0 Å². The highest BCUT2D eigenvalue weighted by atomic mass is 32.2. The zero-order valence-electron chi connectivity index (χ0n) is 19.4. The molecule has 7 nitrogen and oxygen atoms in total. The molecule has 8 heteroatoms. The van der Waals surface area contributed by atoms with Crippen LogP contribution in [-0.4, -0.2) is 57.4 Å². The van der Waals surface area contributed by atoms with Gasteiger partial charge in [0, 0.05) is 19.1 Å². The first-order chi connectivity index (χ1) is 15.9. The molecule has 3 atom stereocenters. The summed E-state index contributed by atoms with van der Waals surface area (Å²) in [5.74, 6) is 4.40. The van der Waals surface area contributed by atoms with Crippen LogP contribution in [0.15, 0.2) is 41.3 Å². The van der Waals surface area contributed by atoms with E-state index in [0.717, 1.165) is 44.3 Å². The molecule has 1 aliphatic heterocycles. The maximum atomic E-state index is 13.3. The second-order valence-corrected chi connectivity index (χ2v) is 10.3. The van der Waals surface area contributed by atoms with E-state index in [4.69, 9.17) is 14.2 Å². The minimum Gasteiger partial charge on any atom is -0.456 e. The van der Waals surface area contributed by atoms with Crippen molar-refractivity contribution >= 4 is 16.0 Å². The topological polar surface area (TPSA) is 82.1 Å². The summed E-state index contributed by atoms with van der Waals surface area (Å²) < 4.78 is 44.5. The number of rotatable bonds is 8. The van der Waals surface area contributed by atoms with E-state index >= 15 is 0 Å². The Morgan fingerprint density at radius 2 is 1.94 bits per heavy atom. The van der Waals surface area contributed by atoms with E-state index in [0.29, 0.717) is 0 Å². The largest absolute Gasteiger partial charge is 0.456 e. The van der Waals surface area contributed by atoms with Crippen molar-refractivity contribution in [3.63, 3.8) is 0 Å². The van der Waals surface area contributed by atoms with Gasteiger partial charge in [-0.05, 0) is 64.0 Å². The van der Waals surface area contributed by atoms with Gasteiger partial charge in [0.25, 0.3) is 0 Å². The molecule has 3 rings (SSSR count). The fourth-order valence-electron chi connectivity index (χ4n) is 3.87. The standard InChI is InChI=1S/C25H33NO6S/c1-3-30-24(27)7-6-17-26(33(28,29)23-15-9-20(2)10-16-23)19-21-11-13-22(14-12-21)32-25-8-4-5-18-31-25/h9-11,13,15-16,21-22,25H,3-5,8,12,14,17-19H2,1-2H3. The van der Waals surface area contributed by atoms with Gasteiger partial charge in [0.15, 0.2) is 6.29 Å². The number of ether oxygens (including phenoxy) is 3. The van der Waals surface area contributed by atoms with E-state index in [2.05, 4.69) is 11.8 Å². The molecule has 1 aromatic carbocycles. The van der Waals surface area contributed by atoms with Crippen molar-refractivity contribution in [1.29, 1.82) is 0 Å². The van der Waals surface area contributed by atoms with Gasteiger partial charge in [-0.3, -0.25) is 0 Å². The lowest BCUT2D eigenvalue weighted by Gasteiger charge is -2.31. The predicted octanol–water partition coefficient (Wildman–Crippen LogP) is 3.43. The maximum absolute atomic E-state index is 13.3. The van der Waals surface area contributed by atoms with E-state index in [1.54, 1.807) is 31.2 Å². The molecular formula is C25H33NO6S. The fourth-order valence-corrected chi connectivity index (χ4v) is 5.27. The van der Waals surface area contributed by atoms with Crippen LogP contribution in [-0.2, 0) is 29.0 Å². The summed E-state index contributed by atoms with van der Waals surface area (Å²) >= 11 is 0. The Hall–Kier alpha value is -2.18. The van der Waals surface area contributed by atoms with Crippen LogP contribution in [0.1, 0.15) is 44.6 Å². The summed E-state index contributed by atoms with van der Waals surface area (Å²) in [6, 6.07) is 6.73. The molecule has 0 N–H and O–H groups in total. The molecule has 0 spiro atoms. The molecule has 0 radical (unpaired) electrons. The van der Waals surface area contributed by atoms with Gasteiger partial charge in [-0.25, -0.2) is 13.2 Å². The molecule has 1 heterocycles. The lowest BCUT2D eigenvalue weighted by atomic mass is 9.94. The van der Waals surface area contributed by atoms with Gasteiger partial charge in [-0.1, -0.05) is 35.8 Å². The Balaban J connectivity index is 1.69. The van der Waals surface area contributed by atoms with Gasteiger partial charge >= 0.3 is 5.97 Å². The number of esters is 1. The first kappa shape index (κ1) is 25.4. The van der Waals surface area contributed by atoms with E-state index in [-0.39, 0.29) is 42.9 Å². The Kier molecular flexibility index (Phi) is 9.51. The SMILES string of the molecule is CCOC(=O)C#CCN(CC1C=CC(OC2CCCCO2)CC1)S(=O)(=O)c1ccc(C)cc1. The average Bonchev–Trinajstić information content (AvgIpc) is 2.81. The van der Waals surface area contributed by atoms with E-state index in [1.165, 1.54) is 4.31 Å². The molecule has 1 aromatic rings. The van der Waals surface area contributed by atoms with E-state index < -0.39 is 16.0 Å². The Morgan fingerprint density at radius 1 is 1.15 bits per heavy atom. The molecule has 0 amide bonds. The normalized spacial score (nSPS) is 23.1. The van der Waals surface area contributed by atoms with Gasteiger partial charge in [-0.15, -0.1) is 0 Å². The van der Waals surface area contributed by atoms with Crippen molar-refractivity contribution in [3.05, 3.63) is 42.0 Å². The summed E-state index contributed by atoms with van der Waals surface area (Å²) in [6.07, 6.45) is 8.55. The minimum atomic E-state index is -3.77. The molecule has 1 fully saturated rings. The Labute approximate surface area is 197 Å². The van der Waals surface area contributed by atoms with Gasteiger partial charge in [-0.2, -0.15) is 4.31 Å². The van der Waals surface area contributed by atoms with Gasteiger partial charge < -0.3 is 14.2 Å². The van der Waals surface area contributed by atoms with Crippen LogP contribution in [0.25, 0.3) is 0 Å². The smallest absolute Gasteiger partial charge is 0.384 e. The fraction of sp³-hybridized carbons (Fsp3) is 0.560. The molecule has 3 unspecified atom stereocenters. The third-order valence-corrected chi connectivity index (χ3v) is 7.53. The number of hydrogen-bond donors (Lipinski definition) is 0. The number of sulfonamides is 1. The third kappa shape index (κ3) is 7.68. The van der Waals surface area contributed by atoms with E-state index in [1.807, 2.05) is 19.1 Å². The molecule has 1 saturated heterocycles. The van der Waals surface area contributed by atoms with Crippen molar-refractivity contribution in [3.8, 4) is 11.8 Å². The van der Waals surface area contributed by atoms with Crippen molar-refractivity contribution in [1.82, 2.24) is 4.31 Å².